The number of thiazole rings is 1. The van der Waals surface area contributed by atoms with E-state index >= 15 is 0 Å². The molecule has 1 aliphatic carbocycles. The first-order chi connectivity index (χ1) is 13.5. The molecule has 1 aliphatic rings. The third-order valence-electron chi connectivity index (χ3n) is 4.53. The molecule has 0 unspecified atom stereocenters. The van der Waals surface area contributed by atoms with Crippen molar-refractivity contribution in [1.29, 1.82) is 0 Å². The molecule has 1 saturated carbocycles. The Balaban J connectivity index is 1.40. The number of carbonyl (C=O) groups is 1. The Morgan fingerprint density at radius 1 is 1.36 bits per heavy atom. The molecule has 0 aliphatic heterocycles. The van der Waals surface area contributed by atoms with E-state index in [0.717, 1.165) is 23.1 Å². The summed E-state index contributed by atoms with van der Waals surface area (Å²) in [6, 6.07) is 6.13. The molecule has 1 N–H and O–H groups in total. The fourth-order valence-corrected chi connectivity index (χ4v) is 4.47. The van der Waals surface area contributed by atoms with Crippen LogP contribution in [-0.2, 0) is 11.3 Å². The molecule has 6 nitrogen and oxygen atoms in total. The average molecular weight is 418 g/mol. The summed E-state index contributed by atoms with van der Waals surface area (Å²) in [6.45, 7) is 4.71. The van der Waals surface area contributed by atoms with Gasteiger partial charge in [0.05, 0.1) is 10.9 Å². The molecule has 0 radical (unpaired) electrons. The summed E-state index contributed by atoms with van der Waals surface area (Å²) in [4.78, 5) is 17.0. The third-order valence-corrected chi connectivity index (χ3v) is 6.37. The van der Waals surface area contributed by atoms with Gasteiger partial charge in [-0.25, -0.2) is 9.37 Å². The monoisotopic (exact) mass is 417 g/mol. The molecule has 9 heteroatoms. The second kappa shape index (κ2) is 8.00. The lowest BCUT2D eigenvalue weighted by Crippen LogP contribution is -2.23. The van der Waals surface area contributed by atoms with Crippen LogP contribution in [0, 0.1) is 5.82 Å². The third kappa shape index (κ3) is 4.10. The van der Waals surface area contributed by atoms with E-state index in [1.54, 1.807) is 12.1 Å². The van der Waals surface area contributed by atoms with Crippen LogP contribution in [-0.4, -0.2) is 30.9 Å². The van der Waals surface area contributed by atoms with Gasteiger partial charge in [-0.1, -0.05) is 11.8 Å². The average Bonchev–Trinajstić information content (AvgIpc) is 3.30. The second-order valence-electron chi connectivity index (χ2n) is 6.65. The zero-order valence-electron chi connectivity index (χ0n) is 15.6. The lowest BCUT2D eigenvalue weighted by atomic mass is 10.2. The highest BCUT2D eigenvalue weighted by molar-refractivity contribution is 8.00. The molecule has 0 bridgehead atoms. The minimum atomic E-state index is -0.334. The molecule has 146 valence electrons. The van der Waals surface area contributed by atoms with Crippen molar-refractivity contribution in [3.8, 4) is 11.3 Å². The smallest absolute Gasteiger partial charge is 0.239 e. The molecule has 0 spiro atoms. The maximum absolute atomic E-state index is 13.1. The fraction of sp³-hybridized carbons (Fsp3) is 0.368. The number of amides is 1. The predicted octanol–water partition coefficient (Wildman–Crippen LogP) is 4.56. The van der Waals surface area contributed by atoms with Gasteiger partial charge in [0.2, 0.25) is 5.91 Å². The molecule has 3 aromatic rings. The predicted molar refractivity (Wildman–Crippen MR) is 109 cm³/mol. The molecule has 1 amide bonds. The van der Waals surface area contributed by atoms with Gasteiger partial charge in [0, 0.05) is 23.4 Å². The molecule has 0 saturated heterocycles. The normalized spacial score (nSPS) is 14.8. The van der Waals surface area contributed by atoms with Gasteiger partial charge in [-0.3, -0.25) is 4.79 Å². The Labute approximate surface area is 170 Å². The molecule has 28 heavy (non-hydrogen) atoms. The summed E-state index contributed by atoms with van der Waals surface area (Å²) in [5.74, 6) is 1.12. The number of thioether (sulfide) groups is 1. The van der Waals surface area contributed by atoms with Gasteiger partial charge >= 0.3 is 0 Å². The first kappa shape index (κ1) is 19.1. The van der Waals surface area contributed by atoms with Crippen molar-refractivity contribution in [3.05, 3.63) is 41.3 Å². The quantitative estimate of drug-likeness (QED) is 0.571. The number of aromatic nitrogens is 4. The van der Waals surface area contributed by atoms with E-state index in [2.05, 4.69) is 32.0 Å². The number of hydrogen-bond acceptors (Lipinski definition) is 6. The van der Waals surface area contributed by atoms with E-state index in [1.165, 1.54) is 48.1 Å². The molecule has 1 aromatic carbocycles. The zero-order chi connectivity index (χ0) is 19.7. The minimum Gasteiger partial charge on any atom is -0.306 e. The standard InChI is InChI=1S/C19H20FN5OS2/c1-3-25-16(13-4-5-13)23-24-19(25)28-11(2)17(26)22-18-21-15(10-27-18)12-6-8-14(20)9-7-12/h6-11,13H,3-5H2,1-2H3,(H,21,22,26)/t11-/m1/s1. The van der Waals surface area contributed by atoms with Crippen LogP contribution in [0.15, 0.2) is 34.8 Å². The maximum Gasteiger partial charge on any atom is 0.239 e. The number of nitrogens with zero attached hydrogens (tertiary/aromatic N) is 4. The molecular weight excluding hydrogens is 397 g/mol. The summed E-state index contributed by atoms with van der Waals surface area (Å²) < 4.78 is 15.2. The van der Waals surface area contributed by atoms with Crippen LogP contribution < -0.4 is 5.32 Å². The topological polar surface area (TPSA) is 72.7 Å². The van der Waals surface area contributed by atoms with Gasteiger partial charge in [0.15, 0.2) is 10.3 Å². The van der Waals surface area contributed by atoms with E-state index in [-0.39, 0.29) is 17.0 Å². The SMILES string of the molecule is CCn1c(S[C@H](C)C(=O)Nc2nc(-c3ccc(F)cc3)cs2)nnc1C1CC1. The Morgan fingerprint density at radius 3 is 2.79 bits per heavy atom. The van der Waals surface area contributed by atoms with Crippen molar-refractivity contribution in [2.24, 2.45) is 0 Å². The highest BCUT2D eigenvalue weighted by atomic mass is 32.2. The zero-order valence-corrected chi connectivity index (χ0v) is 17.2. The van der Waals surface area contributed by atoms with Crippen molar-refractivity contribution < 1.29 is 9.18 Å². The second-order valence-corrected chi connectivity index (χ2v) is 8.82. The first-order valence-corrected chi connectivity index (χ1v) is 10.9. The van der Waals surface area contributed by atoms with Crippen molar-refractivity contribution in [1.82, 2.24) is 19.7 Å². The lowest BCUT2D eigenvalue weighted by Gasteiger charge is -2.11. The number of halogens is 1. The van der Waals surface area contributed by atoms with Crippen molar-refractivity contribution in [2.45, 2.75) is 49.6 Å². The number of carbonyl (C=O) groups excluding carboxylic acids is 1. The number of rotatable bonds is 7. The number of hydrogen-bond donors (Lipinski definition) is 1. The molecule has 2 heterocycles. The maximum atomic E-state index is 13.1. The van der Waals surface area contributed by atoms with E-state index in [1.807, 2.05) is 12.3 Å². The largest absolute Gasteiger partial charge is 0.306 e. The van der Waals surface area contributed by atoms with Gasteiger partial charge < -0.3 is 9.88 Å². The summed E-state index contributed by atoms with van der Waals surface area (Å²) in [5.41, 5.74) is 1.52. The molecule has 4 rings (SSSR count). The number of nitrogens with one attached hydrogen (secondary N) is 1. The van der Waals surface area contributed by atoms with Crippen LogP contribution in [0.3, 0.4) is 0 Å². The Morgan fingerprint density at radius 2 is 2.11 bits per heavy atom. The Bertz CT molecular complexity index is 981. The van der Waals surface area contributed by atoms with Crippen LogP contribution >= 0.6 is 23.1 Å². The number of anilines is 1. The highest BCUT2D eigenvalue weighted by Crippen LogP contribution is 2.40. The van der Waals surface area contributed by atoms with Gasteiger partial charge in [-0.2, -0.15) is 0 Å². The molecule has 2 aromatic heterocycles. The van der Waals surface area contributed by atoms with Crippen LogP contribution in [0.1, 0.15) is 38.4 Å². The highest BCUT2D eigenvalue weighted by Gasteiger charge is 2.30. The van der Waals surface area contributed by atoms with Crippen molar-refractivity contribution in [3.63, 3.8) is 0 Å². The first-order valence-electron chi connectivity index (χ1n) is 9.17. The summed E-state index contributed by atoms with van der Waals surface area (Å²) in [7, 11) is 0. The Hall–Kier alpha value is -2.26. The molecule has 1 fully saturated rings. The van der Waals surface area contributed by atoms with E-state index in [0.29, 0.717) is 16.7 Å². The van der Waals surface area contributed by atoms with Crippen LogP contribution in [0.4, 0.5) is 9.52 Å². The lowest BCUT2D eigenvalue weighted by molar-refractivity contribution is -0.115. The van der Waals surface area contributed by atoms with Crippen molar-refractivity contribution >= 4 is 34.1 Å². The van der Waals surface area contributed by atoms with Gasteiger partial charge in [-0.05, 0) is 51.0 Å². The van der Waals surface area contributed by atoms with Gasteiger partial charge in [-0.15, -0.1) is 21.5 Å². The van der Waals surface area contributed by atoms with Crippen LogP contribution in [0.2, 0.25) is 0 Å². The fourth-order valence-electron chi connectivity index (χ4n) is 2.83. The minimum absolute atomic E-state index is 0.136. The summed E-state index contributed by atoms with van der Waals surface area (Å²) >= 11 is 2.75. The van der Waals surface area contributed by atoms with Crippen LogP contribution in [0.5, 0.6) is 0 Å². The summed E-state index contributed by atoms with van der Waals surface area (Å²) in [5, 5.41) is 14.3. The van der Waals surface area contributed by atoms with E-state index < -0.39 is 0 Å². The molecular formula is C19H20FN5OS2. The Kier molecular flexibility index (Phi) is 5.45. The van der Waals surface area contributed by atoms with Gasteiger partial charge in [0.1, 0.15) is 11.6 Å². The van der Waals surface area contributed by atoms with Gasteiger partial charge in [0.25, 0.3) is 0 Å². The van der Waals surface area contributed by atoms with Crippen LogP contribution in [0.25, 0.3) is 11.3 Å². The number of benzene rings is 1. The summed E-state index contributed by atoms with van der Waals surface area (Å²) in [6.07, 6.45) is 2.33. The van der Waals surface area contributed by atoms with E-state index in [4.69, 9.17) is 0 Å². The molecule has 1 atom stereocenters. The van der Waals surface area contributed by atoms with E-state index in [9.17, 15) is 9.18 Å². The van der Waals surface area contributed by atoms with Crippen molar-refractivity contribution in [2.75, 3.05) is 5.32 Å².